The van der Waals surface area contributed by atoms with Crippen LogP contribution in [0.4, 0.5) is 0 Å². The Kier molecular flexibility index (Phi) is 3.70. The highest BCUT2D eigenvalue weighted by Gasteiger charge is 2.29. The van der Waals surface area contributed by atoms with Gasteiger partial charge in [-0.05, 0) is 26.0 Å². The van der Waals surface area contributed by atoms with E-state index in [9.17, 15) is 4.79 Å². The van der Waals surface area contributed by atoms with Gasteiger partial charge in [-0.15, -0.1) is 0 Å². The third-order valence-corrected chi connectivity index (χ3v) is 4.36. The highest BCUT2D eigenvalue weighted by atomic mass is 32.1. The molecule has 2 heterocycles. The monoisotopic (exact) mass is 315 g/mol. The number of hydrogen-bond acceptors (Lipinski definition) is 5. The molecule has 2 aliphatic rings. The number of pyridine rings is 1. The number of aliphatic imine (C=N–C) groups is 1. The van der Waals surface area contributed by atoms with Crippen LogP contribution < -0.4 is 10.7 Å². The van der Waals surface area contributed by atoms with Crippen molar-refractivity contribution in [2.45, 2.75) is 26.3 Å². The fraction of sp³-hybridized carbons (Fsp3) is 0.312. The molecule has 3 rings (SSSR count). The molecule has 0 bridgehead atoms. The number of aromatic amines is 1. The lowest BCUT2D eigenvalue weighted by Gasteiger charge is -2.15. The van der Waals surface area contributed by atoms with Crippen molar-refractivity contribution in [2.75, 3.05) is 7.11 Å². The quantitative estimate of drug-likeness (QED) is 0.660. The number of rotatable bonds is 3. The Morgan fingerprint density at radius 2 is 2.18 bits per heavy atom. The number of hydrogen-bond donors (Lipinski definition) is 2. The maximum atomic E-state index is 12.1. The van der Waals surface area contributed by atoms with Gasteiger partial charge >= 0.3 is 0 Å². The molecule has 1 aromatic heterocycles. The first-order valence-corrected chi connectivity index (χ1v) is 7.45. The minimum absolute atomic E-state index is 0.00498. The fourth-order valence-electron chi connectivity index (χ4n) is 2.61. The van der Waals surface area contributed by atoms with E-state index < -0.39 is 0 Å². The van der Waals surface area contributed by atoms with Gasteiger partial charge in [-0.3, -0.25) is 9.79 Å². The first-order chi connectivity index (χ1) is 10.5. The number of nitrogens with one attached hydrogen (secondary N) is 2. The summed E-state index contributed by atoms with van der Waals surface area (Å²) in [5, 5.41) is 3.24. The zero-order valence-corrected chi connectivity index (χ0v) is 13.5. The minimum Gasteiger partial charge on any atom is -0.501 e. The van der Waals surface area contributed by atoms with Crippen molar-refractivity contribution in [2.24, 2.45) is 4.99 Å². The molecule has 0 amide bonds. The number of allylic oxidation sites excluding steroid dienone is 2. The minimum atomic E-state index is 0.00498. The molecule has 6 heteroatoms. The third kappa shape index (κ3) is 2.39. The second-order valence-electron chi connectivity index (χ2n) is 5.41. The summed E-state index contributed by atoms with van der Waals surface area (Å²) >= 11 is 5.51. The molecule has 2 N–H and O–H groups in total. The van der Waals surface area contributed by atoms with E-state index in [4.69, 9.17) is 17.0 Å². The topological polar surface area (TPSA) is 66.5 Å². The number of amidine groups is 1. The van der Waals surface area contributed by atoms with E-state index in [1.165, 1.54) is 0 Å². The van der Waals surface area contributed by atoms with Crippen molar-refractivity contribution in [3.63, 3.8) is 0 Å². The van der Waals surface area contributed by atoms with E-state index in [1.807, 2.05) is 12.2 Å². The molecule has 5 nitrogen and oxygen atoms in total. The van der Waals surface area contributed by atoms with Gasteiger partial charge < -0.3 is 15.0 Å². The van der Waals surface area contributed by atoms with Crippen LogP contribution in [-0.4, -0.2) is 28.8 Å². The van der Waals surface area contributed by atoms with E-state index >= 15 is 0 Å². The Morgan fingerprint density at radius 3 is 2.91 bits per heavy atom. The van der Waals surface area contributed by atoms with Gasteiger partial charge in [-0.1, -0.05) is 12.2 Å². The first kappa shape index (κ1) is 14.7. The van der Waals surface area contributed by atoms with Crippen LogP contribution in [0.2, 0.25) is 0 Å². The van der Waals surface area contributed by atoms with Gasteiger partial charge in [0.2, 0.25) is 0 Å². The van der Waals surface area contributed by atoms with Gasteiger partial charge in [0, 0.05) is 29.4 Å². The van der Waals surface area contributed by atoms with E-state index in [2.05, 4.69) is 15.3 Å². The van der Waals surface area contributed by atoms with Gasteiger partial charge in [-0.2, -0.15) is 0 Å². The summed E-state index contributed by atoms with van der Waals surface area (Å²) in [6.07, 6.45) is 6.28. The molecule has 114 valence electrons. The van der Waals surface area contributed by atoms with Crippen LogP contribution in [0.25, 0.3) is 0 Å². The molecule has 0 fully saturated rings. The lowest BCUT2D eigenvalue weighted by atomic mass is 10.1. The average Bonchev–Trinajstić information content (AvgIpc) is 2.95. The van der Waals surface area contributed by atoms with Crippen LogP contribution in [0.1, 0.15) is 23.2 Å². The molecule has 0 spiro atoms. The Bertz CT molecular complexity index is 802. The van der Waals surface area contributed by atoms with E-state index in [0.717, 1.165) is 11.5 Å². The molecule has 1 atom stereocenters. The molecular formula is C16H17N3O2S. The van der Waals surface area contributed by atoms with Crippen LogP contribution in [0.3, 0.4) is 0 Å². The summed E-state index contributed by atoms with van der Waals surface area (Å²) in [6.45, 7) is 3.56. The lowest BCUT2D eigenvalue weighted by Crippen LogP contribution is -2.29. The summed E-state index contributed by atoms with van der Waals surface area (Å²) in [5.41, 5.74) is 2.96. The molecule has 1 aromatic rings. The van der Waals surface area contributed by atoms with E-state index in [1.54, 1.807) is 27.2 Å². The highest BCUT2D eigenvalue weighted by Crippen LogP contribution is 2.25. The Balaban J connectivity index is 1.90. The molecule has 1 aliphatic heterocycles. The Labute approximate surface area is 133 Å². The molecule has 1 aliphatic carbocycles. The molecule has 0 radical (unpaired) electrons. The number of aromatic nitrogens is 1. The maximum Gasteiger partial charge on any atom is 0.188 e. The molecule has 1 unspecified atom stereocenters. The number of H-pyrrole nitrogens is 1. The van der Waals surface area contributed by atoms with Crippen molar-refractivity contribution >= 4 is 22.9 Å². The lowest BCUT2D eigenvalue weighted by molar-refractivity contribution is 0.272. The number of methoxy groups -OCH3 is 1. The van der Waals surface area contributed by atoms with Crippen molar-refractivity contribution in [1.29, 1.82) is 0 Å². The molecule has 0 saturated heterocycles. The second kappa shape index (κ2) is 5.53. The van der Waals surface area contributed by atoms with E-state index in [0.29, 0.717) is 33.9 Å². The fourth-order valence-corrected chi connectivity index (χ4v) is 2.93. The first-order valence-electron chi connectivity index (χ1n) is 7.04. The largest absolute Gasteiger partial charge is 0.501 e. The highest BCUT2D eigenvalue weighted by molar-refractivity contribution is 7.82. The third-order valence-electron chi connectivity index (χ3n) is 3.96. The number of nitrogens with zero attached hydrogens (tertiary/aromatic N) is 1. The van der Waals surface area contributed by atoms with Crippen LogP contribution >= 0.6 is 12.2 Å². The van der Waals surface area contributed by atoms with Crippen molar-refractivity contribution in [3.8, 4) is 0 Å². The molecule has 0 saturated carbocycles. The summed E-state index contributed by atoms with van der Waals surface area (Å²) in [4.78, 5) is 20.3. The SMILES string of the molecule is COC1=CC=C2NC(C(=S)c3[nH]cc(C)c(=O)c3C)=NC2C1. The van der Waals surface area contributed by atoms with Gasteiger partial charge in [0.25, 0.3) is 0 Å². The molecule has 0 aromatic carbocycles. The van der Waals surface area contributed by atoms with Crippen molar-refractivity contribution < 1.29 is 4.74 Å². The zero-order chi connectivity index (χ0) is 15.9. The van der Waals surface area contributed by atoms with E-state index in [-0.39, 0.29) is 11.5 Å². The molecular weight excluding hydrogens is 298 g/mol. The van der Waals surface area contributed by atoms with Crippen LogP contribution in [-0.2, 0) is 4.74 Å². The van der Waals surface area contributed by atoms with Crippen LogP contribution in [0.15, 0.2) is 39.6 Å². The molecule has 22 heavy (non-hydrogen) atoms. The van der Waals surface area contributed by atoms with Crippen LogP contribution in [0, 0.1) is 13.8 Å². The van der Waals surface area contributed by atoms with Gasteiger partial charge in [0.15, 0.2) is 5.43 Å². The number of thiocarbonyl (C=S) groups is 1. The predicted octanol–water partition coefficient (Wildman–Crippen LogP) is 1.90. The number of fused-ring (bicyclic) bond motifs is 1. The van der Waals surface area contributed by atoms with Crippen molar-refractivity contribution in [1.82, 2.24) is 10.3 Å². The van der Waals surface area contributed by atoms with Crippen LogP contribution in [0.5, 0.6) is 0 Å². The Morgan fingerprint density at radius 1 is 1.41 bits per heavy atom. The Hall–Kier alpha value is -2.21. The standard InChI is InChI=1S/C16H17N3O2S/c1-8-7-17-13(9(2)14(8)20)15(22)16-18-11-5-4-10(21-3)6-12(11)19-16/h4-5,7,12H,6H2,1-3H3,(H,17,20)(H,18,19). The summed E-state index contributed by atoms with van der Waals surface area (Å²) in [6, 6.07) is 0.00498. The predicted molar refractivity (Wildman–Crippen MR) is 90.4 cm³/mol. The second-order valence-corrected chi connectivity index (χ2v) is 5.82. The average molecular weight is 315 g/mol. The normalized spacial score (nSPS) is 19.6. The summed E-state index contributed by atoms with van der Waals surface area (Å²) in [7, 11) is 1.66. The maximum absolute atomic E-state index is 12.1. The number of aryl methyl sites for hydroxylation is 1. The van der Waals surface area contributed by atoms with Gasteiger partial charge in [-0.25, -0.2) is 0 Å². The van der Waals surface area contributed by atoms with Gasteiger partial charge in [0.05, 0.1) is 24.6 Å². The van der Waals surface area contributed by atoms with Crippen molar-refractivity contribution in [3.05, 3.63) is 56.8 Å². The smallest absolute Gasteiger partial charge is 0.188 e. The van der Waals surface area contributed by atoms with Gasteiger partial charge in [0.1, 0.15) is 10.7 Å². The summed E-state index contributed by atoms with van der Waals surface area (Å²) < 4.78 is 5.27. The number of ether oxygens (including phenoxy) is 1. The zero-order valence-electron chi connectivity index (χ0n) is 12.7. The summed E-state index contributed by atoms with van der Waals surface area (Å²) in [5.74, 6) is 1.52.